The van der Waals surface area contributed by atoms with E-state index >= 15 is 0 Å². The molecule has 1 rings (SSSR count). The average Bonchev–Trinajstić information content (AvgIpc) is 2.37. The minimum Gasteiger partial charge on any atom is -0.284 e. The Labute approximate surface area is 65.5 Å². The molecule has 0 amide bonds. The molecule has 1 heterocycles. The van der Waals surface area contributed by atoms with Crippen LogP contribution in [0.4, 0.5) is 0 Å². The van der Waals surface area contributed by atoms with Gasteiger partial charge in [-0.1, -0.05) is 0 Å². The fourth-order valence-electron chi connectivity index (χ4n) is 0.667. The lowest BCUT2D eigenvalue weighted by Gasteiger charge is -2.02. The highest BCUT2D eigenvalue weighted by Crippen LogP contribution is 2.12. The number of hydrogen-bond donors (Lipinski definition) is 1. The summed E-state index contributed by atoms with van der Waals surface area (Å²) in [5.41, 5.74) is 0. The fourth-order valence-corrected chi connectivity index (χ4v) is 1.63. The standard InChI is InChI=1S/C6H10N2O2S/c1-5(2)11(9,10)6-3-7-8-4-6/h3-5H,1-2H3,(H,7,8). The van der Waals surface area contributed by atoms with E-state index in [0.29, 0.717) is 0 Å². The van der Waals surface area contributed by atoms with Crippen LogP contribution in [0.15, 0.2) is 17.3 Å². The second-order valence-corrected chi connectivity index (χ2v) is 5.03. The van der Waals surface area contributed by atoms with E-state index in [1.807, 2.05) is 0 Å². The summed E-state index contributed by atoms with van der Waals surface area (Å²) in [5, 5.41) is 5.64. The van der Waals surface area contributed by atoms with E-state index in [0.717, 1.165) is 0 Å². The van der Waals surface area contributed by atoms with Crippen molar-refractivity contribution in [1.29, 1.82) is 0 Å². The van der Waals surface area contributed by atoms with Crippen molar-refractivity contribution in [3.8, 4) is 0 Å². The lowest BCUT2D eigenvalue weighted by molar-refractivity contribution is 0.587. The minimum absolute atomic E-state index is 0.257. The molecule has 11 heavy (non-hydrogen) atoms. The number of rotatable bonds is 2. The monoisotopic (exact) mass is 174 g/mol. The molecular weight excluding hydrogens is 164 g/mol. The van der Waals surface area contributed by atoms with Gasteiger partial charge in [0.2, 0.25) is 0 Å². The molecule has 0 saturated heterocycles. The molecule has 0 aliphatic carbocycles. The van der Waals surface area contributed by atoms with Gasteiger partial charge < -0.3 is 0 Å². The summed E-state index contributed by atoms with van der Waals surface area (Å²) in [6, 6.07) is 0. The van der Waals surface area contributed by atoms with E-state index in [1.54, 1.807) is 13.8 Å². The molecule has 0 aliphatic rings. The van der Waals surface area contributed by atoms with Gasteiger partial charge in [0.1, 0.15) is 4.90 Å². The zero-order valence-corrected chi connectivity index (χ0v) is 7.22. The van der Waals surface area contributed by atoms with Gasteiger partial charge in [0, 0.05) is 6.20 Å². The molecule has 1 aromatic heterocycles. The second kappa shape index (κ2) is 2.65. The van der Waals surface area contributed by atoms with Gasteiger partial charge in [0.25, 0.3) is 0 Å². The van der Waals surface area contributed by atoms with Crippen LogP contribution in [0.5, 0.6) is 0 Å². The Hall–Kier alpha value is -0.840. The molecule has 0 saturated carbocycles. The maximum Gasteiger partial charge on any atom is 0.183 e. The number of sulfone groups is 1. The van der Waals surface area contributed by atoms with Crippen LogP contribution in [0.25, 0.3) is 0 Å². The molecule has 0 radical (unpaired) electrons. The summed E-state index contributed by atoms with van der Waals surface area (Å²) in [5.74, 6) is 0. The lowest BCUT2D eigenvalue weighted by atomic mass is 10.6. The SMILES string of the molecule is CC(C)S(=O)(=O)c1cn[nH]c1. The highest BCUT2D eigenvalue weighted by Gasteiger charge is 2.19. The van der Waals surface area contributed by atoms with Crippen LogP contribution >= 0.6 is 0 Å². The Bertz CT molecular complexity index is 312. The van der Waals surface area contributed by atoms with E-state index in [1.165, 1.54) is 12.4 Å². The molecule has 0 bridgehead atoms. The quantitative estimate of drug-likeness (QED) is 0.713. The Morgan fingerprint density at radius 3 is 2.55 bits per heavy atom. The smallest absolute Gasteiger partial charge is 0.183 e. The molecular formula is C6H10N2O2S. The first-order valence-corrected chi connectivity index (χ1v) is 4.82. The van der Waals surface area contributed by atoms with Gasteiger partial charge in [-0.05, 0) is 13.8 Å². The average molecular weight is 174 g/mol. The van der Waals surface area contributed by atoms with Crippen LogP contribution in [-0.2, 0) is 9.84 Å². The maximum absolute atomic E-state index is 11.3. The number of nitrogens with one attached hydrogen (secondary N) is 1. The molecule has 0 spiro atoms. The van der Waals surface area contributed by atoms with Crippen molar-refractivity contribution >= 4 is 9.84 Å². The van der Waals surface area contributed by atoms with Crippen LogP contribution in [-0.4, -0.2) is 23.9 Å². The largest absolute Gasteiger partial charge is 0.284 e. The minimum atomic E-state index is -3.13. The van der Waals surface area contributed by atoms with Crippen LogP contribution < -0.4 is 0 Å². The molecule has 0 aliphatic heterocycles. The molecule has 4 nitrogen and oxygen atoms in total. The number of aromatic amines is 1. The number of hydrogen-bond acceptors (Lipinski definition) is 3. The zero-order valence-electron chi connectivity index (χ0n) is 6.40. The highest BCUT2D eigenvalue weighted by atomic mass is 32.2. The number of H-pyrrole nitrogens is 1. The molecule has 5 heteroatoms. The first kappa shape index (κ1) is 8.26. The van der Waals surface area contributed by atoms with Gasteiger partial charge in [-0.25, -0.2) is 8.42 Å². The van der Waals surface area contributed by atoms with Gasteiger partial charge in [-0.2, -0.15) is 5.10 Å². The van der Waals surface area contributed by atoms with Crippen molar-refractivity contribution < 1.29 is 8.42 Å². The van der Waals surface area contributed by atoms with Gasteiger partial charge in [0.15, 0.2) is 9.84 Å². The highest BCUT2D eigenvalue weighted by molar-refractivity contribution is 7.92. The van der Waals surface area contributed by atoms with Gasteiger partial charge in [0.05, 0.1) is 11.4 Å². The second-order valence-electron chi connectivity index (χ2n) is 2.53. The van der Waals surface area contributed by atoms with Crippen molar-refractivity contribution in [2.75, 3.05) is 0 Å². The Morgan fingerprint density at radius 2 is 2.18 bits per heavy atom. The topological polar surface area (TPSA) is 62.8 Å². The fraction of sp³-hybridized carbons (Fsp3) is 0.500. The number of aromatic nitrogens is 2. The van der Waals surface area contributed by atoms with Crippen LogP contribution in [0, 0.1) is 0 Å². The third kappa shape index (κ3) is 1.42. The summed E-state index contributed by atoms with van der Waals surface area (Å²) >= 11 is 0. The Kier molecular flexibility index (Phi) is 1.99. The third-order valence-corrected chi connectivity index (χ3v) is 3.54. The van der Waals surface area contributed by atoms with Crippen molar-refractivity contribution in [2.45, 2.75) is 24.0 Å². The number of nitrogens with zero attached hydrogens (tertiary/aromatic N) is 1. The zero-order chi connectivity index (χ0) is 8.48. The van der Waals surface area contributed by atoms with E-state index < -0.39 is 9.84 Å². The predicted octanol–water partition coefficient (Wildman–Crippen LogP) is 0.592. The predicted molar refractivity (Wildman–Crippen MR) is 40.9 cm³/mol. The molecule has 62 valence electrons. The molecule has 1 aromatic rings. The van der Waals surface area contributed by atoms with E-state index in [9.17, 15) is 8.42 Å². The first-order chi connectivity index (χ1) is 5.05. The summed E-state index contributed by atoms with van der Waals surface area (Å²) in [6.07, 6.45) is 2.70. The summed E-state index contributed by atoms with van der Waals surface area (Å²) in [7, 11) is -3.13. The van der Waals surface area contributed by atoms with Gasteiger partial charge >= 0.3 is 0 Å². The molecule has 0 aromatic carbocycles. The van der Waals surface area contributed by atoms with Crippen LogP contribution in [0.3, 0.4) is 0 Å². The molecule has 0 unspecified atom stereocenters. The van der Waals surface area contributed by atoms with Crippen LogP contribution in [0.2, 0.25) is 0 Å². The third-order valence-electron chi connectivity index (χ3n) is 1.42. The van der Waals surface area contributed by atoms with Crippen molar-refractivity contribution in [3.63, 3.8) is 0 Å². The molecule has 1 N–H and O–H groups in total. The van der Waals surface area contributed by atoms with Gasteiger partial charge in [-0.15, -0.1) is 0 Å². The molecule has 0 fully saturated rings. The Balaban J connectivity index is 3.12. The lowest BCUT2D eigenvalue weighted by Crippen LogP contribution is -2.12. The van der Waals surface area contributed by atoms with E-state index in [4.69, 9.17) is 0 Å². The maximum atomic E-state index is 11.3. The van der Waals surface area contributed by atoms with Crippen molar-refractivity contribution in [2.24, 2.45) is 0 Å². The van der Waals surface area contributed by atoms with Gasteiger partial charge in [-0.3, -0.25) is 5.10 Å². The Morgan fingerprint density at radius 1 is 1.55 bits per heavy atom. The first-order valence-electron chi connectivity index (χ1n) is 3.28. The van der Waals surface area contributed by atoms with Crippen LogP contribution in [0.1, 0.15) is 13.8 Å². The van der Waals surface area contributed by atoms with E-state index in [2.05, 4.69) is 10.2 Å². The van der Waals surface area contributed by atoms with Crippen molar-refractivity contribution in [3.05, 3.63) is 12.4 Å². The summed E-state index contributed by atoms with van der Waals surface area (Å²) < 4.78 is 22.7. The normalized spacial score (nSPS) is 12.3. The van der Waals surface area contributed by atoms with Crippen molar-refractivity contribution in [1.82, 2.24) is 10.2 Å². The summed E-state index contributed by atoms with van der Waals surface area (Å²) in [6.45, 7) is 3.28. The molecule has 0 atom stereocenters. The summed E-state index contributed by atoms with van der Waals surface area (Å²) in [4.78, 5) is 0.257. The van der Waals surface area contributed by atoms with E-state index in [-0.39, 0.29) is 10.1 Å².